The van der Waals surface area contributed by atoms with E-state index < -0.39 is 41.2 Å². The topological polar surface area (TPSA) is 170 Å². The van der Waals surface area contributed by atoms with Crippen LogP contribution in [-0.4, -0.2) is 65.0 Å². The molecule has 4 saturated carbocycles. The lowest BCUT2D eigenvalue weighted by Gasteiger charge is -2.63. The summed E-state index contributed by atoms with van der Waals surface area (Å²) in [6.45, 7) is 6.07. The van der Waals surface area contributed by atoms with Gasteiger partial charge in [0.05, 0.1) is 18.3 Å². The van der Waals surface area contributed by atoms with Crippen LogP contribution in [0.2, 0.25) is 0 Å². The molecule has 0 aromatic rings. The summed E-state index contributed by atoms with van der Waals surface area (Å²) in [6, 6.07) is 0. The number of aliphatic carboxylic acids is 1. The second-order valence-electron chi connectivity index (χ2n) is 12.7. The number of hydrogen-bond donors (Lipinski definition) is 5. The van der Waals surface area contributed by atoms with E-state index in [4.69, 9.17) is 13.8 Å². The summed E-state index contributed by atoms with van der Waals surface area (Å²) in [5, 5.41) is 34.3. The van der Waals surface area contributed by atoms with E-state index in [0.29, 0.717) is 38.5 Å². The van der Waals surface area contributed by atoms with Crippen LogP contribution in [0.1, 0.15) is 78.6 Å². The number of fused-ring (bicyclic) bond motifs is 5. The van der Waals surface area contributed by atoms with Crippen molar-refractivity contribution in [2.24, 2.45) is 46.3 Å². The lowest BCUT2D eigenvalue weighted by atomic mass is 9.43. The quantitative estimate of drug-likeness (QED) is 0.287. The van der Waals surface area contributed by atoms with Crippen molar-refractivity contribution in [1.29, 1.82) is 0 Å². The minimum Gasteiger partial charge on any atom is -0.480 e. The standard InChI is InChI=1S/C26H43NO9S/c1-14(4-7-22(30)27-13-23(31)32)17-5-6-18-24-19(12-21(29)26(17,18)3)25(2)9-8-16(36-37(33,34)35)10-15(25)11-20(24)28/h14-21,24,28-29H,4-13H2,1-3H3,(H,27,30)(H,31,32)(H,33,34,35)/t14-,15+,16-,17-,18+,19+,20-,21+,24+,25+,26-/m1/s1. The van der Waals surface area contributed by atoms with E-state index in [-0.39, 0.29) is 58.7 Å². The van der Waals surface area contributed by atoms with Gasteiger partial charge >= 0.3 is 16.4 Å². The van der Waals surface area contributed by atoms with Gasteiger partial charge in [0.15, 0.2) is 0 Å². The van der Waals surface area contributed by atoms with Gasteiger partial charge in [0.2, 0.25) is 5.91 Å². The van der Waals surface area contributed by atoms with Crippen molar-refractivity contribution in [3.8, 4) is 0 Å². The number of amides is 1. The van der Waals surface area contributed by atoms with Crippen LogP contribution < -0.4 is 5.32 Å². The largest absolute Gasteiger partial charge is 0.480 e. The van der Waals surface area contributed by atoms with E-state index in [0.717, 1.165) is 12.8 Å². The molecule has 10 nitrogen and oxygen atoms in total. The van der Waals surface area contributed by atoms with Crippen molar-refractivity contribution >= 4 is 22.3 Å². The zero-order valence-electron chi connectivity index (χ0n) is 22.0. The zero-order valence-corrected chi connectivity index (χ0v) is 22.8. The van der Waals surface area contributed by atoms with Crippen LogP contribution in [0, 0.1) is 46.3 Å². The first-order valence-corrected chi connectivity index (χ1v) is 15.0. The summed E-state index contributed by atoms with van der Waals surface area (Å²) in [5.74, 6) is -0.662. The molecule has 0 aliphatic heterocycles. The predicted molar refractivity (Wildman–Crippen MR) is 133 cm³/mol. The number of carbonyl (C=O) groups is 2. The number of carboxylic acids is 1. The van der Waals surface area contributed by atoms with Gasteiger partial charge in [-0.05, 0) is 97.7 Å². The third-order valence-corrected chi connectivity index (χ3v) is 11.5. The normalized spacial score (nSPS) is 44.3. The van der Waals surface area contributed by atoms with Crippen molar-refractivity contribution in [2.45, 2.75) is 96.9 Å². The highest BCUT2D eigenvalue weighted by Gasteiger charge is 2.65. The number of rotatable bonds is 8. The highest BCUT2D eigenvalue weighted by molar-refractivity contribution is 7.80. The molecular formula is C26H43NO9S. The van der Waals surface area contributed by atoms with Crippen LogP contribution in [0.3, 0.4) is 0 Å². The van der Waals surface area contributed by atoms with Gasteiger partial charge in [0, 0.05) is 6.42 Å². The van der Waals surface area contributed by atoms with E-state index >= 15 is 0 Å². The van der Waals surface area contributed by atoms with E-state index in [2.05, 4.69) is 26.1 Å². The molecule has 0 bridgehead atoms. The minimum atomic E-state index is -4.53. The maximum Gasteiger partial charge on any atom is 0.397 e. The predicted octanol–water partition coefficient (Wildman–Crippen LogP) is 2.39. The van der Waals surface area contributed by atoms with E-state index in [1.165, 1.54) is 0 Å². The van der Waals surface area contributed by atoms with Gasteiger partial charge in [-0.2, -0.15) is 8.42 Å². The van der Waals surface area contributed by atoms with Crippen LogP contribution in [-0.2, 0) is 24.2 Å². The highest BCUT2D eigenvalue weighted by Crippen LogP contribution is 2.68. The number of carboxylic acid groups (broad SMARTS) is 1. The van der Waals surface area contributed by atoms with Gasteiger partial charge in [0.25, 0.3) is 0 Å². The molecule has 11 heteroatoms. The third kappa shape index (κ3) is 5.44. The van der Waals surface area contributed by atoms with Crippen molar-refractivity contribution < 1.29 is 42.1 Å². The van der Waals surface area contributed by atoms with E-state index in [1.54, 1.807) is 0 Å². The van der Waals surface area contributed by atoms with Gasteiger partial charge in [-0.3, -0.25) is 14.1 Å². The lowest BCUT2D eigenvalue weighted by molar-refractivity contribution is -0.206. The minimum absolute atomic E-state index is 0.0428. The molecule has 0 saturated heterocycles. The second-order valence-corrected chi connectivity index (χ2v) is 13.8. The molecular weight excluding hydrogens is 502 g/mol. The smallest absolute Gasteiger partial charge is 0.397 e. The molecule has 11 atom stereocenters. The summed E-state index contributed by atoms with van der Waals surface area (Å²) in [6.07, 6.45) is 3.77. The molecule has 4 aliphatic carbocycles. The van der Waals surface area contributed by atoms with Crippen molar-refractivity contribution in [3.05, 3.63) is 0 Å². The molecule has 4 aliphatic rings. The fourth-order valence-corrected chi connectivity index (χ4v) is 9.72. The molecule has 4 fully saturated rings. The van der Waals surface area contributed by atoms with Crippen LogP contribution >= 0.6 is 0 Å². The fourth-order valence-electron chi connectivity index (χ4n) is 9.20. The van der Waals surface area contributed by atoms with Gasteiger partial charge < -0.3 is 20.6 Å². The Morgan fingerprint density at radius 3 is 2.43 bits per heavy atom. The van der Waals surface area contributed by atoms with E-state index in [1.807, 2.05) is 0 Å². The molecule has 1 amide bonds. The van der Waals surface area contributed by atoms with Crippen LogP contribution in [0.4, 0.5) is 0 Å². The molecule has 0 heterocycles. The first-order valence-electron chi connectivity index (χ1n) is 13.7. The van der Waals surface area contributed by atoms with Crippen LogP contribution in [0.25, 0.3) is 0 Å². The average Bonchev–Trinajstić information content (AvgIpc) is 3.15. The van der Waals surface area contributed by atoms with Crippen LogP contribution in [0.5, 0.6) is 0 Å². The number of aliphatic hydroxyl groups is 2. The summed E-state index contributed by atoms with van der Waals surface area (Å²) in [5.41, 5.74) is -0.537. The Labute approximate surface area is 219 Å². The van der Waals surface area contributed by atoms with Gasteiger partial charge in [-0.25, -0.2) is 4.18 Å². The lowest BCUT2D eigenvalue weighted by Crippen LogP contribution is -2.62. The van der Waals surface area contributed by atoms with Gasteiger partial charge in [-0.1, -0.05) is 20.8 Å². The Hall–Kier alpha value is -1.27. The monoisotopic (exact) mass is 545 g/mol. The number of hydrogen-bond acceptors (Lipinski definition) is 7. The fraction of sp³-hybridized carbons (Fsp3) is 0.923. The second kappa shape index (κ2) is 10.4. The maximum atomic E-state index is 12.1. The molecule has 0 aromatic heterocycles. The summed E-state index contributed by atoms with van der Waals surface area (Å²) in [7, 11) is -4.53. The Balaban J connectivity index is 1.48. The summed E-state index contributed by atoms with van der Waals surface area (Å²) >= 11 is 0. The van der Waals surface area contributed by atoms with Crippen molar-refractivity contribution in [1.82, 2.24) is 5.32 Å². The molecule has 37 heavy (non-hydrogen) atoms. The Morgan fingerprint density at radius 2 is 1.78 bits per heavy atom. The molecule has 0 radical (unpaired) electrons. The highest BCUT2D eigenvalue weighted by atomic mass is 32.3. The SMILES string of the molecule is C[C@H](CCC(=O)NCC(=O)O)[C@H]1CC[C@H]2[C@@H]3[C@H](O)C[C@@H]4C[C@H](OS(=O)(=O)O)CC[C@]4(C)[C@H]3C[C@H](O)[C@]12C. The first kappa shape index (κ1) is 28.7. The Bertz CT molecular complexity index is 989. The molecule has 4 rings (SSSR count). The molecule has 0 spiro atoms. The maximum absolute atomic E-state index is 12.1. The average molecular weight is 546 g/mol. The molecule has 212 valence electrons. The first-order chi connectivity index (χ1) is 17.2. The van der Waals surface area contributed by atoms with Crippen molar-refractivity contribution in [2.75, 3.05) is 6.54 Å². The van der Waals surface area contributed by atoms with Crippen molar-refractivity contribution in [3.63, 3.8) is 0 Å². The molecule has 0 unspecified atom stereocenters. The number of carbonyl (C=O) groups excluding carboxylic acids is 1. The van der Waals surface area contributed by atoms with Gasteiger partial charge in [-0.15, -0.1) is 0 Å². The third-order valence-electron chi connectivity index (χ3n) is 11.0. The summed E-state index contributed by atoms with van der Waals surface area (Å²) < 4.78 is 36.6. The molecule has 5 N–H and O–H groups in total. The van der Waals surface area contributed by atoms with E-state index in [9.17, 15) is 28.2 Å². The van der Waals surface area contributed by atoms with Gasteiger partial charge in [0.1, 0.15) is 6.54 Å². The summed E-state index contributed by atoms with van der Waals surface area (Å²) in [4.78, 5) is 22.8. The Morgan fingerprint density at radius 1 is 1.08 bits per heavy atom. The Kier molecular flexibility index (Phi) is 8.05. The zero-order chi connectivity index (χ0) is 27.3. The number of nitrogens with one attached hydrogen (secondary N) is 1. The number of aliphatic hydroxyl groups excluding tert-OH is 2. The van der Waals surface area contributed by atoms with Crippen LogP contribution in [0.15, 0.2) is 0 Å². The molecule has 0 aromatic carbocycles.